The van der Waals surface area contributed by atoms with Gasteiger partial charge in [0.25, 0.3) is 5.56 Å². The third-order valence-corrected chi connectivity index (χ3v) is 3.54. The number of nitrogens with zero attached hydrogens (tertiary/aromatic N) is 4. The van der Waals surface area contributed by atoms with Crippen LogP contribution in [0, 0.1) is 0 Å². The Morgan fingerprint density at radius 2 is 1.79 bits per heavy atom. The minimum absolute atomic E-state index is 0.0249. The first-order valence-electron chi connectivity index (χ1n) is 7.17. The van der Waals surface area contributed by atoms with Crippen molar-refractivity contribution in [3.05, 3.63) is 69.1 Å². The summed E-state index contributed by atoms with van der Waals surface area (Å²) in [6.45, 7) is -0.272. The van der Waals surface area contributed by atoms with Gasteiger partial charge in [0.05, 0.1) is 13.7 Å². The number of hydrogen-bond acceptors (Lipinski definition) is 6. The lowest BCUT2D eigenvalue weighted by Gasteiger charge is -2.12. The van der Waals surface area contributed by atoms with E-state index in [2.05, 4.69) is 14.7 Å². The van der Waals surface area contributed by atoms with E-state index in [0.29, 0.717) is 0 Å². The fraction of sp³-hybridized carbons (Fsp3) is 0.188. The summed E-state index contributed by atoms with van der Waals surface area (Å²) in [5.74, 6) is -0.617. The van der Waals surface area contributed by atoms with E-state index in [1.165, 1.54) is 19.5 Å². The minimum Gasteiger partial charge on any atom is -0.468 e. The number of methoxy groups -OCH3 is 1. The van der Waals surface area contributed by atoms with Crippen molar-refractivity contribution in [1.29, 1.82) is 0 Å². The molecule has 8 heteroatoms. The third kappa shape index (κ3) is 2.81. The van der Waals surface area contributed by atoms with E-state index in [0.717, 1.165) is 14.7 Å². The van der Waals surface area contributed by atoms with Crippen molar-refractivity contribution >= 4 is 17.1 Å². The minimum atomic E-state index is -0.637. The molecule has 3 aromatic rings. The van der Waals surface area contributed by atoms with Gasteiger partial charge in [-0.2, -0.15) is 0 Å². The normalized spacial score (nSPS) is 10.7. The maximum Gasteiger partial charge on any atom is 0.333 e. The van der Waals surface area contributed by atoms with Crippen LogP contribution in [0.15, 0.2) is 52.3 Å². The molecule has 0 spiro atoms. The second-order valence-electron chi connectivity index (χ2n) is 5.05. The van der Waals surface area contributed by atoms with Crippen LogP contribution in [0.5, 0.6) is 0 Å². The van der Waals surface area contributed by atoms with Crippen molar-refractivity contribution in [2.75, 3.05) is 7.11 Å². The number of aromatic nitrogens is 4. The Balaban J connectivity index is 2.24. The maximum absolute atomic E-state index is 12.7. The Hall–Kier alpha value is -3.29. The summed E-state index contributed by atoms with van der Waals surface area (Å²) < 4.78 is 6.74. The van der Waals surface area contributed by atoms with Gasteiger partial charge in [0.1, 0.15) is 6.54 Å². The molecule has 0 amide bonds. The number of carbonyl (C=O) groups excluding carboxylic acids is 1. The quantitative estimate of drug-likeness (QED) is 0.634. The average Bonchev–Trinajstić information content (AvgIpc) is 2.63. The van der Waals surface area contributed by atoms with Crippen molar-refractivity contribution in [3.8, 4) is 0 Å². The number of hydrogen-bond donors (Lipinski definition) is 0. The van der Waals surface area contributed by atoms with Crippen LogP contribution in [-0.4, -0.2) is 32.2 Å². The third-order valence-electron chi connectivity index (χ3n) is 3.54. The lowest BCUT2D eigenvalue weighted by atomic mass is 10.2. The summed E-state index contributed by atoms with van der Waals surface area (Å²) in [6, 6.07) is 9.07. The lowest BCUT2D eigenvalue weighted by Crippen LogP contribution is -2.42. The van der Waals surface area contributed by atoms with E-state index in [1.54, 1.807) is 12.1 Å². The molecule has 122 valence electrons. The number of fused-ring (bicyclic) bond motifs is 1. The zero-order valence-corrected chi connectivity index (χ0v) is 12.9. The summed E-state index contributed by atoms with van der Waals surface area (Å²) in [4.78, 5) is 44.9. The summed E-state index contributed by atoms with van der Waals surface area (Å²) in [5.41, 5.74) is -0.320. The van der Waals surface area contributed by atoms with E-state index in [1.807, 2.05) is 18.2 Å². The van der Waals surface area contributed by atoms with Crippen LogP contribution in [0.1, 0.15) is 5.56 Å². The van der Waals surface area contributed by atoms with Crippen LogP contribution in [0.2, 0.25) is 0 Å². The van der Waals surface area contributed by atoms with E-state index in [9.17, 15) is 14.4 Å². The molecular weight excluding hydrogens is 312 g/mol. The number of esters is 1. The van der Waals surface area contributed by atoms with Crippen molar-refractivity contribution in [1.82, 2.24) is 19.1 Å². The molecule has 3 rings (SSSR count). The van der Waals surface area contributed by atoms with Gasteiger partial charge in [0.2, 0.25) is 0 Å². The Bertz CT molecular complexity index is 1010. The van der Waals surface area contributed by atoms with Gasteiger partial charge in [-0.25, -0.2) is 14.8 Å². The summed E-state index contributed by atoms with van der Waals surface area (Å²) in [7, 11) is 1.22. The van der Waals surface area contributed by atoms with E-state index < -0.39 is 17.2 Å². The largest absolute Gasteiger partial charge is 0.468 e. The number of benzene rings is 1. The molecule has 0 fully saturated rings. The SMILES string of the molecule is COC(=O)Cn1c(=O)n(Cc2ccccc2)c(=O)c2nccnc21. The fourth-order valence-electron chi connectivity index (χ4n) is 2.37. The smallest absolute Gasteiger partial charge is 0.333 e. The topological polar surface area (TPSA) is 96.1 Å². The molecule has 0 saturated heterocycles. The molecule has 24 heavy (non-hydrogen) atoms. The summed E-state index contributed by atoms with van der Waals surface area (Å²) in [5, 5.41) is 0. The first-order chi connectivity index (χ1) is 11.6. The molecule has 0 bridgehead atoms. The summed E-state index contributed by atoms with van der Waals surface area (Å²) in [6.07, 6.45) is 2.72. The van der Waals surface area contributed by atoms with Gasteiger partial charge in [-0.1, -0.05) is 30.3 Å². The summed E-state index contributed by atoms with van der Waals surface area (Å²) >= 11 is 0. The first kappa shape index (κ1) is 15.6. The van der Waals surface area contributed by atoms with Gasteiger partial charge in [-0.05, 0) is 5.56 Å². The number of ether oxygens (including phenoxy) is 1. The van der Waals surface area contributed by atoms with E-state index in [-0.39, 0.29) is 24.3 Å². The Kier molecular flexibility index (Phi) is 4.19. The van der Waals surface area contributed by atoms with Gasteiger partial charge in [0.15, 0.2) is 11.2 Å². The van der Waals surface area contributed by atoms with Gasteiger partial charge < -0.3 is 4.74 Å². The number of rotatable bonds is 4. The molecule has 0 unspecified atom stereocenters. The predicted molar refractivity (Wildman–Crippen MR) is 85.6 cm³/mol. The van der Waals surface area contributed by atoms with Crippen molar-refractivity contribution in [2.45, 2.75) is 13.1 Å². The molecule has 0 atom stereocenters. The highest BCUT2D eigenvalue weighted by molar-refractivity contribution is 5.73. The standard InChI is InChI=1S/C16H14N4O4/c1-24-12(21)10-19-14-13(17-7-8-18-14)15(22)20(16(19)23)9-11-5-3-2-4-6-11/h2-8H,9-10H2,1H3. The van der Waals surface area contributed by atoms with Gasteiger partial charge >= 0.3 is 11.7 Å². The Morgan fingerprint density at radius 1 is 1.08 bits per heavy atom. The van der Waals surface area contributed by atoms with Crippen molar-refractivity contribution in [2.24, 2.45) is 0 Å². The second-order valence-corrected chi connectivity index (χ2v) is 5.05. The van der Waals surface area contributed by atoms with Crippen LogP contribution in [0.25, 0.3) is 11.2 Å². The van der Waals surface area contributed by atoms with Gasteiger partial charge in [-0.3, -0.25) is 18.7 Å². The average molecular weight is 326 g/mol. The van der Waals surface area contributed by atoms with Crippen LogP contribution in [0.3, 0.4) is 0 Å². The van der Waals surface area contributed by atoms with Crippen LogP contribution in [0.4, 0.5) is 0 Å². The monoisotopic (exact) mass is 326 g/mol. The maximum atomic E-state index is 12.7. The molecule has 0 aliphatic rings. The molecule has 0 aliphatic carbocycles. The molecule has 0 saturated carbocycles. The Morgan fingerprint density at radius 3 is 2.50 bits per heavy atom. The van der Waals surface area contributed by atoms with Crippen LogP contribution in [-0.2, 0) is 22.6 Å². The molecular formula is C16H14N4O4. The number of carbonyl (C=O) groups is 1. The molecule has 0 radical (unpaired) electrons. The Labute approximate surface area is 136 Å². The van der Waals surface area contributed by atoms with Crippen LogP contribution < -0.4 is 11.2 Å². The highest BCUT2D eigenvalue weighted by Crippen LogP contribution is 2.03. The first-order valence-corrected chi connectivity index (χ1v) is 7.17. The second kappa shape index (κ2) is 6.45. The molecule has 8 nitrogen and oxygen atoms in total. The van der Waals surface area contributed by atoms with Gasteiger partial charge in [0, 0.05) is 12.4 Å². The van der Waals surface area contributed by atoms with Crippen LogP contribution >= 0.6 is 0 Å². The molecule has 1 aromatic carbocycles. The van der Waals surface area contributed by atoms with Crippen molar-refractivity contribution < 1.29 is 9.53 Å². The highest BCUT2D eigenvalue weighted by atomic mass is 16.5. The van der Waals surface area contributed by atoms with Gasteiger partial charge in [-0.15, -0.1) is 0 Å². The molecule has 0 aliphatic heterocycles. The molecule has 2 aromatic heterocycles. The van der Waals surface area contributed by atoms with E-state index >= 15 is 0 Å². The fourth-order valence-corrected chi connectivity index (χ4v) is 2.37. The van der Waals surface area contributed by atoms with Crippen molar-refractivity contribution in [3.63, 3.8) is 0 Å². The molecule has 0 N–H and O–H groups in total. The molecule has 2 heterocycles. The zero-order valence-electron chi connectivity index (χ0n) is 12.9. The lowest BCUT2D eigenvalue weighted by molar-refractivity contribution is -0.141. The highest BCUT2D eigenvalue weighted by Gasteiger charge is 2.17. The van der Waals surface area contributed by atoms with E-state index in [4.69, 9.17) is 0 Å². The zero-order chi connectivity index (χ0) is 17.1. The predicted octanol–water partition coefficient (Wildman–Crippen LogP) is 0.174.